The molecule has 0 aliphatic rings. The second kappa shape index (κ2) is 5.84. The van der Waals surface area contributed by atoms with Crippen LogP contribution in [0.5, 0.6) is 0 Å². The third kappa shape index (κ3) is 3.75. The molecule has 0 amide bonds. The first-order valence-corrected chi connectivity index (χ1v) is 5.23. The van der Waals surface area contributed by atoms with Gasteiger partial charge in [-0.2, -0.15) is 0 Å². The average Bonchev–Trinajstić information content (AvgIpc) is 2.30. The van der Waals surface area contributed by atoms with Crippen molar-refractivity contribution in [2.45, 2.75) is 13.8 Å². The van der Waals surface area contributed by atoms with Crippen molar-refractivity contribution in [1.82, 2.24) is 0 Å². The second-order valence-electron chi connectivity index (χ2n) is 3.48. The monoisotopic (exact) mass is 234 g/mol. The SMILES string of the molecule is CCOC(=O)C(=O)C=C(O)c1ccc(C)cc1. The van der Waals surface area contributed by atoms with Gasteiger partial charge < -0.3 is 9.84 Å². The van der Waals surface area contributed by atoms with Gasteiger partial charge in [-0.05, 0) is 13.8 Å². The van der Waals surface area contributed by atoms with Gasteiger partial charge in [0.05, 0.1) is 6.61 Å². The molecule has 4 nitrogen and oxygen atoms in total. The van der Waals surface area contributed by atoms with Gasteiger partial charge in [0.25, 0.3) is 5.78 Å². The third-order valence-corrected chi connectivity index (χ3v) is 2.09. The van der Waals surface area contributed by atoms with Crippen LogP contribution in [0.1, 0.15) is 18.1 Å². The summed E-state index contributed by atoms with van der Waals surface area (Å²) in [6.45, 7) is 3.65. The minimum absolute atomic E-state index is 0.129. The van der Waals surface area contributed by atoms with Crippen LogP contribution in [0.15, 0.2) is 30.3 Å². The van der Waals surface area contributed by atoms with Crippen molar-refractivity contribution in [2.24, 2.45) is 0 Å². The maximum absolute atomic E-state index is 11.3. The number of aliphatic hydroxyl groups is 1. The van der Waals surface area contributed by atoms with E-state index >= 15 is 0 Å². The smallest absolute Gasteiger partial charge is 0.379 e. The molecule has 0 heterocycles. The van der Waals surface area contributed by atoms with Crippen LogP contribution in [0.2, 0.25) is 0 Å². The fourth-order valence-corrected chi connectivity index (χ4v) is 1.19. The molecule has 4 heteroatoms. The lowest BCUT2D eigenvalue weighted by Gasteiger charge is -2.01. The lowest BCUT2D eigenvalue weighted by Crippen LogP contribution is -2.15. The van der Waals surface area contributed by atoms with E-state index in [1.54, 1.807) is 31.2 Å². The van der Waals surface area contributed by atoms with Crippen molar-refractivity contribution in [3.63, 3.8) is 0 Å². The average molecular weight is 234 g/mol. The number of carbonyl (C=O) groups excluding carboxylic acids is 2. The predicted octanol–water partition coefficient (Wildman–Crippen LogP) is 2.03. The molecule has 17 heavy (non-hydrogen) atoms. The summed E-state index contributed by atoms with van der Waals surface area (Å²) in [4.78, 5) is 22.3. The molecule has 0 saturated heterocycles. The van der Waals surface area contributed by atoms with Gasteiger partial charge in [0.2, 0.25) is 0 Å². The molecule has 0 fully saturated rings. The molecule has 1 rings (SSSR count). The van der Waals surface area contributed by atoms with Crippen molar-refractivity contribution in [2.75, 3.05) is 6.61 Å². The standard InChI is InChI=1S/C13H14O4/c1-3-17-13(16)12(15)8-11(14)10-6-4-9(2)5-7-10/h4-8,14H,3H2,1-2H3. The van der Waals surface area contributed by atoms with E-state index in [0.717, 1.165) is 11.6 Å². The van der Waals surface area contributed by atoms with Crippen LogP contribution in [0.25, 0.3) is 5.76 Å². The number of benzene rings is 1. The number of esters is 1. The zero-order chi connectivity index (χ0) is 12.8. The molecule has 0 unspecified atom stereocenters. The number of aryl methyl sites for hydroxylation is 1. The van der Waals surface area contributed by atoms with Gasteiger partial charge in [-0.15, -0.1) is 0 Å². The molecule has 0 aliphatic carbocycles. The normalized spacial score (nSPS) is 11.1. The Balaban J connectivity index is 2.82. The Bertz CT molecular complexity index is 443. The Morgan fingerprint density at radius 1 is 1.29 bits per heavy atom. The van der Waals surface area contributed by atoms with Crippen LogP contribution in [-0.2, 0) is 14.3 Å². The van der Waals surface area contributed by atoms with Crippen molar-refractivity contribution in [1.29, 1.82) is 0 Å². The molecule has 1 aromatic rings. The number of hydrogen-bond donors (Lipinski definition) is 1. The van der Waals surface area contributed by atoms with Gasteiger partial charge in [0.1, 0.15) is 5.76 Å². The number of rotatable bonds is 4. The summed E-state index contributed by atoms with van der Waals surface area (Å²) >= 11 is 0. The van der Waals surface area contributed by atoms with E-state index < -0.39 is 11.8 Å². The summed E-state index contributed by atoms with van der Waals surface area (Å²) in [5, 5.41) is 9.63. The lowest BCUT2D eigenvalue weighted by molar-refractivity contribution is -0.151. The van der Waals surface area contributed by atoms with Gasteiger partial charge in [0, 0.05) is 11.6 Å². The Morgan fingerprint density at radius 2 is 1.88 bits per heavy atom. The van der Waals surface area contributed by atoms with Crippen molar-refractivity contribution < 1.29 is 19.4 Å². The Kier molecular flexibility index (Phi) is 4.46. The van der Waals surface area contributed by atoms with E-state index in [1.807, 2.05) is 6.92 Å². The maximum Gasteiger partial charge on any atom is 0.379 e. The van der Waals surface area contributed by atoms with E-state index in [0.29, 0.717) is 5.56 Å². The lowest BCUT2D eigenvalue weighted by atomic mass is 10.1. The molecule has 0 spiro atoms. The molecule has 0 aliphatic heterocycles. The topological polar surface area (TPSA) is 63.6 Å². The molecule has 0 atom stereocenters. The highest BCUT2D eigenvalue weighted by molar-refractivity contribution is 6.39. The number of ether oxygens (including phenoxy) is 1. The largest absolute Gasteiger partial charge is 0.507 e. The molecule has 0 radical (unpaired) electrons. The molecule has 90 valence electrons. The molecule has 1 N–H and O–H groups in total. The zero-order valence-corrected chi connectivity index (χ0v) is 9.77. The number of carbonyl (C=O) groups is 2. The minimum Gasteiger partial charge on any atom is -0.507 e. The predicted molar refractivity (Wildman–Crippen MR) is 63.4 cm³/mol. The van der Waals surface area contributed by atoms with E-state index in [9.17, 15) is 14.7 Å². The minimum atomic E-state index is -0.967. The summed E-state index contributed by atoms with van der Waals surface area (Å²) in [5.41, 5.74) is 1.52. The summed E-state index contributed by atoms with van der Waals surface area (Å²) in [6, 6.07) is 6.93. The third-order valence-electron chi connectivity index (χ3n) is 2.09. The first kappa shape index (κ1) is 13.0. The van der Waals surface area contributed by atoms with Gasteiger partial charge in [-0.3, -0.25) is 4.79 Å². The molecule has 0 aromatic heterocycles. The highest BCUT2D eigenvalue weighted by Gasteiger charge is 2.13. The molecule has 0 saturated carbocycles. The van der Waals surface area contributed by atoms with Crippen LogP contribution >= 0.6 is 0 Å². The van der Waals surface area contributed by atoms with Gasteiger partial charge in [-0.1, -0.05) is 29.8 Å². The number of hydrogen-bond acceptors (Lipinski definition) is 4. The van der Waals surface area contributed by atoms with Crippen LogP contribution in [0.4, 0.5) is 0 Å². The zero-order valence-electron chi connectivity index (χ0n) is 9.77. The summed E-state index contributed by atoms with van der Waals surface area (Å²) in [5.74, 6) is -2.08. The van der Waals surface area contributed by atoms with Crippen LogP contribution in [0.3, 0.4) is 0 Å². The van der Waals surface area contributed by atoms with E-state index in [1.165, 1.54) is 0 Å². The summed E-state index contributed by atoms with van der Waals surface area (Å²) < 4.78 is 4.52. The van der Waals surface area contributed by atoms with Gasteiger partial charge in [-0.25, -0.2) is 4.79 Å². The highest BCUT2D eigenvalue weighted by atomic mass is 16.5. The summed E-state index contributed by atoms with van der Waals surface area (Å²) in [6.07, 6.45) is 0.864. The molecular weight excluding hydrogens is 220 g/mol. The first-order valence-electron chi connectivity index (χ1n) is 5.23. The Morgan fingerprint density at radius 3 is 2.41 bits per heavy atom. The maximum atomic E-state index is 11.3. The van der Waals surface area contributed by atoms with Crippen LogP contribution in [-0.4, -0.2) is 23.5 Å². The number of aliphatic hydroxyl groups excluding tert-OH is 1. The van der Waals surface area contributed by atoms with Crippen LogP contribution < -0.4 is 0 Å². The van der Waals surface area contributed by atoms with Gasteiger partial charge >= 0.3 is 5.97 Å². The molecular formula is C13H14O4. The molecule has 1 aromatic carbocycles. The van der Waals surface area contributed by atoms with Crippen molar-refractivity contribution in [3.8, 4) is 0 Å². The fraction of sp³-hybridized carbons (Fsp3) is 0.231. The fourth-order valence-electron chi connectivity index (χ4n) is 1.19. The summed E-state index contributed by atoms with van der Waals surface area (Å²) in [7, 11) is 0. The van der Waals surface area contributed by atoms with Crippen molar-refractivity contribution in [3.05, 3.63) is 41.5 Å². The van der Waals surface area contributed by atoms with Gasteiger partial charge in [0.15, 0.2) is 0 Å². The second-order valence-corrected chi connectivity index (χ2v) is 3.48. The van der Waals surface area contributed by atoms with E-state index in [2.05, 4.69) is 4.74 Å². The Hall–Kier alpha value is -2.10. The van der Waals surface area contributed by atoms with E-state index in [-0.39, 0.29) is 12.4 Å². The van der Waals surface area contributed by atoms with Crippen molar-refractivity contribution >= 4 is 17.5 Å². The van der Waals surface area contributed by atoms with E-state index in [4.69, 9.17) is 0 Å². The van der Waals surface area contributed by atoms with Crippen LogP contribution in [0, 0.1) is 6.92 Å². The molecule has 0 bridgehead atoms. The highest BCUT2D eigenvalue weighted by Crippen LogP contribution is 2.12. The number of ketones is 1. The quantitative estimate of drug-likeness (QED) is 0.374. The first-order chi connectivity index (χ1) is 8.04. The Labute approximate surface area is 99.5 Å².